The molecule has 4 rings (SSSR count). The fourth-order valence-electron chi connectivity index (χ4n) is 3.50. The van der Waals surface area contributed by atoms with Crippen LogP contribution >= 0.6 is 0 Å². The van der Waals surface area contributed by atoms with Gasteiger partial charge >= 0.3 is 0 Å². The second-order valence-electron chi connectivity index (χ2n) is 6.35. The van der Waals surface area contributed by atoms with Crippen molar-refractivity contribution >= 4 is 11.7 Å². The van der Waals surface area contributed by atoms with E-state index in [9.17, 15) is 4.79 Å². The summed E-state index contributed by atoms with van der Waals surface area (Å²) in [4.78, 5) is 22.8. The molecule has 2 aliphatic rings. The highest BCUT2D eigenvalue weighted by Crippen LogP contribution is 2.34. The van der Waals surface area contributed by atoms with E-state index in [0.717, 1.165) is 24.5 Å². The maximum absolute atomic E-state index is 12.5. The third-order valence-electron chi connectivity index (χ3n) is 4.60. The van der Waals surface area contributed by atoms with Gasteiger partial charge in [-0.2, -0.15) is 0 Å². The zero-order valence-electron chi connectivity index (χ0n) is 13.4. The predicted molar refractivity (Wildman–Crippen MR) is 83.9 cm³/mol. The minimum atomic E-state index is -0.166. The van der Waals surface area contributed by atoms with Crippen molar-refractivity contribution in [1.29, 1.82) is 0 Å². The number of hydrogen-bond donors (Lipinski definition) is 1. The van der Waals surface area contributed by atoms with E-state index < -0.39 is 0 Å². The summed E-state index contributed by atoms with van der Waals surface area (Å²) in [6.07, 6.45) is 4.76. The molecular formula is C16H19N5O3. The predicted octanol–water partition coefficient (Wildman–Crippen LogP) is 0.859. The van der Waals surface area contributed by atoms with Gasteiger partial charge in [-0.3, -0.25) is 14.7 Å². The number of likely N-dealkylation sites (tertiary alicyclic amines) is 1. The normalized spacial score (nSPS) is 26.5. The van der Waals surface area contributed by atoms with E-state index in [1.54, 1.807) is 18.6 Å². The molecule has 1 amide bonds. The van der Waals surface area contributed by atoms with E-state index in [4.69, 9.17) is 9.26 Å². The van der Waals surface area contributed by atoms with Crippen molar-refractivity contribution in [2.45, 2.75) is 19.6 Å². The zero-order chi connectivity index (χ0) is 16.5. The Morgan fingerprint density at radius 2 is 2.33 bits per heavy atom. The number of anilines is 1. The van der Waals surface area contributed by atoms with E-state index in [2.05, 4.69) is 25.3 Å². The smallest absolute Gasteiger partial charge is 0.231 e. The second kappa shape index (κ2) is 6.29. The van der Waals surface area contributed by atoms with Crippen molar-refractivity contribution in [3.05, 3.63) is 36.1 Å². The minimum absolute atomic E-state index is 0.0536. The van der Waals surface area contributed by atoms with Crippen LogP contribution in [0.3, 0.4) is 0 Å². The Morgan fingerprint density at radius 1 is 1.42 bits per heavy atom. The fourth-order valence-corrected chi connectivity index (χ4v) is 3.50. The van der Waals surface area contributed by atoms with E-state index in [1.807, 2.05) is 13.0 Å². The number of carbonyl (C=O) groups is 1. The Kier molecular flexibility index (Phi) is 3.99. The van der Waals surface area contributed by atoms with Gasteiger partial charge in [0.25, 0.3) is 0 Å². The molecule has 0 aromatic carbocycles. The standard InChI is InChI=1S/C16H19N5O3/c1-10-4-11(20-24-10)6-21-7-12-13(9-23-14(12)8-21)16(22)19-15-5-17-2-3-18-15/h2-5,12-14H,6-9H2,1H3,(H,18,19,22)/t12-,13+,14-/m0/s1. The van der Waals surface area contributed by atoms with E-state index in [0.29, 0.717) is 19.0 Å². The van der Waals surface area contributed by atoms with Gasteiger partial charge in [0.2, 0.25) is 5.91 Å². The lowest BCUT2D eigenvalue weighted by Gasteiger charge is -2.18. The molecule has 0 unspecified atom stereocenters. The molecule has 2 fully saturated rings. The number of aromatic nitrogens is 3. The number of ether oxygens (including phenoxy) is 1. The van der Waals surface area contributed by atoms with E-state index in [-0.39, 0.29) is 23.8 Å². The van der Waals surface area contributed by atoms with E-state index in [1.165, 1.54) is 0 Å². The third kappa shape index (κ3) is 3.02. The van der Waals surface area contributed by atoms with Crippen LogP contribution in [0.1, 0.15) is 11.5 Å². The fraction of sp³-hybridized carbons (Fsp3) is 0.500. The molecule has 2 aliphatic heterocycles. The van der Waals surface area contributed by atoms with Crippen molar-refractivity contribution < 1.29 is 14.1 Å². The summed E-state index contributed by atoms with van der Waals surface area (Å²) in [6, 6.07) is 1.94. The molecule has 8 heteroatoms. The second-order valence-corrected chi connectivity index (χ2v) is 6.35. The molecule has 0 aliphatic carbocycles. The Labute approximate surface area is 139 Å². The molecule has 8 nitrogen and oxygen atoms in total. The number of rotatable bonds is 4. The summed E-state index contributed by atoms with van der Waals surface area (Å²) in [5, 5.41) is 6.86. The molecule has 4 heterocycles. The van der Waals surface area contributed by atoms with Gasteiger partial charge in [0.05, 0.1) is 30.5 Å². The van der Waals surface area contributed by atoms with Crippen molar-refractivity contribution in [2.24, 2.45) is 11.8 Å². The van der Waals surface area contributed by atoms with Gasteiger partial charge in [-0.15, -0.1) is 0 Å². The van der Waals surface area contributed by atoms with Crippen LogP contribution in [0.25, 0.3) is 0 Å². The molecule has 1 N–H and O–H groups in total. The monoisotopic (exact) mass is 329 g/mol. The third-order valence-corrected chi connectivity index (χ3v) is 4.60. The Balaban J connectivity index is 1.38. The lowest BCUT2D eigenvalue weighted by molar-refractivity contribution is -0.120. The van der Waals surface area contributed by atoms with Gasteiger partial charge in [0, 0.05) is 44.0 Å². The quantitative estimate of drug-likeness (QED) is 0.889. The first kappa shape index (κ1) is 15.2. The van der Waals surface area contributed by atoms with Gasteiger partial charge in [0.15, 0.2) is 5.82 Å². The first-order chi connectivity index (χ1) is 11.7. The summed E-state index contributed by atoms with van der Waals surface area (Å²) < 4.78 is 10.9. The number of nitrogens with zero attached hydrogens (tertiary/aromatic N) is 4. The first-order valence-electron chi connectivity index (χ1n) is 8.02. The highest BCUT2D eigenvalue weighted by molar-refractivity contribution is 5.92. The Morgan fingerprint density at radius 3 is 3.08 bits per heavy atom. The van der Waals surface area contributed by atoms with Crippen LogP contribution in [-0.4, -0.2) is 51.7 Å². The SMILES string of the molecule is Cc1cc(CN2C[C@@H]3[C@H](C2)OC[C@H]3C(=O)Nc2cnccn2)no1. The number of fused-ring (bicyclic) bond motifs is 1. The molecule has 3 atom stereocenters. The van der Waals surface area contributed by atoms with Crippen LogP contribution in [0, 0.1) is 18.8 Å². The van der Waals surface area contributed by atoms with Gasteiger partial charge in [0.1, 0.15) is 5.76 Å². The summed E-state index contributed by atoms with van der Waals surface area (Å²) in [5.74, 6) is 1.25. The average molecular weight is 329 g/mol. The zero-order valence-corrected chi connectivity index (χ0v) is 13.4. The van der Waals surface area contributed by atoms with E-state index >= 15 is 0 Å². The summed E-state index contributed by atoms with van der Waals surface area (Å²) in [6.45, 7) is 4.68. The molecule has 126 valence electrons. The number of nitrogens with one attached hydrogen (secondary N) is 1. The average Bonchev–Trinajstić information content (AvgIpc) is 3.24. The van der Waals surface area contributed by atoms with Crippen LogP contribution < -0.4 is 5.32 Å². The molecule has 2 aromatic rings. The Bertz CT molecular complexity index is 720. The van der Waals surface area contributed by atoms with Crippen LogP contribution in [-0.2, 0) is 16.1 Å². The van der Waals surface area contributed by atoms with Crippen molar-refractivity contribution in [3.8, 4) is 0 Å². The lowest BCUT2D eigenvalue weighted by atomic mass is 9.92. The van der Waals surface area contributed by atoms with Gasteiger partial charge < -0.3 is 14.6 Å². The number of amides is 1. The molecule has 0 bridgehead atoms. The van der Waals surface area contributed by atoms with Crippen LogP contribution in [0.15, 0.2) is 29.2 Å². The van der Waals surface area contributed by atoms with Crippen LogP contribution in [0.5, 0.6) is 0 Å². The molecule has 2 aromatic heterocycles. The highest BCUT2D eigenvalue weighted by Gasteiger charge is 2.46. The van der Waals surface area contributed by atoms with Gasteiger partial charge in [-0.05, 0) is 6.92 Å². The topological polar surface area (TPSA) is 93.4 Å². The van der Waals surface area contributed by atoms with Crippen LogP contribution in [0.2, 0.25) is 0 Å². The summed E-state index contributed by atoms with van der Waals surface area (Å²) in [7, 11) is 0. The maximum Gasteiger partial charge on any atom is 0.231 e. The lowest BCUT2D eigenvalue weighted by Crippen LogP contribution is -2.32. The summed E-state index contributed by atoms with van der Waals surface area (Å²) in [5.41, 5.74) is 0.910. The number of aryl methyl sites for hydroxylation is 1. The molecular weight excluding hydrogens is 310 g/mol. The van der Waals surface area contributed by atoms with Gasteiger partial charge in [-0.25, -0.2) is 4.98 Å². The highest BCUT2D eigenvalue weighted by atomic mass is 16.5. The maximum atomic E-state index is 12.5. The number of carbonyl (C=O) groups excluding carboxylic acids is 1. The van der Waals surface area contributed by atoms with Crippen molar-refractivity contribution in [3.63, 3.8) is 0 Å². The van der Waals surface area contributed by atoms with Crippen molar-refractivity contribution in [1.82, 2.24) is 20.0 Å². The molecule has 0 spiro atoms. The first-order valence-corrected chi connectivity index (χ1v) is 8.02. The molecule has 24 heavy (non-hydrogen) atoms. The number of hydrogen-bond acceptors (Lipinski definition) is 7. The largest absolute Gasteiger partial charge is 0.376 e. The molecule has 0 saturated carbocycles. The summed E-state index contributed by atoms with van der Waals surface area (Å²) >= 11 is 0. The minimum Gasteiger partial charge on any atom is -0.376 e. The van der Waals surface area contributed by atoms with Crippen molar-refractivity contribution in [2.75, 3.05) is 25.0 Å². The molecule has 2 saturated heterocycles. The Hall–Kier alpha value is -2.32. The van der Waals surface area contributed by atoms with Crippen LogP contribution in [0.4, 0.5) is 5.82 Å². The molecule has 0 radical (unpaired) electrons. The van der Waals surface area contributed by atoms with Gasteiger partial charge in [-0.1, -0.05) is 5.16 Å².